The van der Waals surface area contributed by atoms with Gasteiger partial charge in [0.15, 0.2) is 5.78 Å². The molecule has 0 bridgehead atoms. The first-order valence-electron chi connectivity index (χ1n) is 11.7. The van der Waals surface area contributed by atoms with E-state index in [1.807, 2.05) is 18.2 Å². The lowest BCUT2D eigenvalue weighted by molar-refractivity contribution is 0.103. The van der Waals surface area contributed by atoms with Gasteiger partial charge in [-0.05, 0) is 54.8 Å². The predicted molar refractivity (Wildman–Crippen MR) is 147 cm³/mol. The number of hydrogen-bond acceptors (Lipinski definition) is 5. The summed E-state index contributed by atoms with van der Waals surface area (Å²) in [6.07, 6.45) is 7.53. The molecule has 1 saturated carbocycles. The Bertz CT molecular complexity index is 1630. The van der Waals surface area contributed by atoms with E-state index >= 15 is 0 Å². The Morgan fingerprint density at radius 1 is 1.05 bits per heavy atom. The first-order chi connectivity index (χ1) is 17.7. The molecule has 0 aliphatic heterocycles. The Morgan fingerprint density at radius 3 is 2.55 bits per heavy atom. The van der Waals surface area contributed by atoms with E-state index in [4.69, 9.17) is 0 Å². The number of benzene rings is 2. The number of anilines is 2. The molecule has 2 aromatic heterocycles. The number of fused-ring (bicyclic) bond motifs is 1. The molecule has 1 fully saturated rings. The van der Waals surface area contributed by atoms with Gasteiger partial charge in [-0.2, -0.15) is 0 Å². The Hall–Kier alpha value is -3.61. The van der Waals surface area contributed by atoms with E-state index in [0.717, 1.165) is 24.5 Å². The highest BCUT2D eigenvalue weighted by molar-refractivity contribution is 7.93. The van der Waals surface area contributed by atoms with Crippen LogP contribution in [0.3, 0.4) is 0 Å². The number of nitrogens with one attached hydrogen (secondary N) is 3. The van der Waals surface area contributed by atoms with E-state index in [-0.39, 0.29) is 22.3 Å². The molecule has 12 heteroatoms. The van der Waals surface area contributed by atoms with Crippen molar-refractivity contribution in [3.05, 3.63) is 77.9 Å². The molecule has 5 N–H and O–H groups in total. The zero-order valence-corrected chi connectivity index (χ0v) is 22.1. The largest absolute Gasteiger partial charge is 0.412 e. The molecule has 0 radical (unpaired) electrons. The van der Waals surface area contributed by atoms with E-state index in [0.29, 0.717) is 35.1 Å². The zero-order valence-electron chi connectivity index (χ0n) is 20.5. The number of pyridine rings is 1. The minimum absolute atomic E-state index is 0. The Labute approximate surface area is 221 Å². The summed E-state index contributed by atoms with van der Waals surface area (Å²) >= 11 is 0. The summed E-state index contributed by atoms with van der Waals surface area (Å²) in [6.45, 7) is 0. The fourth-order valence-electron chi connectivity index (χ4n) is 4.63. The van der Waals surface area contributed by atoms with Gasteiger partial charge in [-0.3, -0.25) is 9.52 Å². The standard InChI is InChI=1S/C26H25FN4O4S2.H2O/c1-36(33)30-18-6-4-5-16(11-18)17-12-21-23(15-29-26(21)28-14-17)25(32)22-13-19(9-10-24(22)27)31-37(34,35)20-7-2-3-8-20;/h4-6,9-15,20,30-31H,2-3,7-8H2,1H3,(H,28,29);1H2. The number of halogens is 1. The van der Waals surface area contributed by atoms with E-state index in [1.54, 1.807) is 18.3 Å². The number of sulfonamides is 1. The molecule has 200 valence electrons. The van der Waals surface area contributed by atoms with Crippen molar-refractivity contribution in [2.24, 2.45) is 0 Å². The molecule has 5 rings (SSSR count). The second-order valence-electron chi connectivity index (χ2n) is 9.04. The number of hydrogen-bond donors (Lipinski definition) is 3. The molecule has 1 atom stereocenters. The van der Waals surface area contributed by atoms with Crippen molar-refractivity contribution in [2.45, 2.75) is 30.9 Å². The van der Waals surface area contributed by atoms with Gasteiger partial charge >= 0.3 is 0 Å². The molecule has 1 aliphatic rings. The van der Waals surface area contributed by atoms with Crippen molar-refractivity contribution in [3.63, 3.8) is 0 Å². The molecule has 1 aliphatic carbocycles. The smallest absolute Gasteiger partial charge is 0.235 e. The highest BCUT2D eigenvalue weighted by Crippen LogP contribution is 2.30. The van der Waals surface area contributed by atoms with Crippen LogP contribution in [0.5, 0.6) is 0 Å². The molecular formula is C26H27FN4O5S2. The lowest BCUT2D eigenvalue weighted by Crippen LogP contribution is -2.25. The monoisotopic (exact) mass is 558 g/mol. The zero-order chi connectivity index (χ0) is 26.2. The number of carbonyl (C=O) groups excluding carboxylic acids is 1. The van der Waals surface area contributed by atoms with Crippen LogP contribution in [0.4, 0.5) is 15.8 Å². The Morgan fingerprint density at radius 2 is 1.82 bits per heavy atom. The second-order valence-corrected chi connectivity index (χ2v) is 12.1. The average molecular weight is 559 g/mol. The molecule has 9 nitrogen and oxygen atoms in total. The average Bonchev–Trinajstić information content (AvgIpc) is 3.55. The van der Waals surface area contributed by atoms with Crippen LogP contribution < -0.4 is 9.44 Å². The van der Waals surface area contributed by atoms with Crippen LogP contribution in [-0.2, 0) is 21.0 Å². The van der Waals surface area contributed by atoms with Crippen molar-refractivity contribution < 1.29 is 27.3 Å². The lowest BCUT2D eigenvalue weighted by Gasteiger charge is -2.14. The van der Waals surface area contributed by atoms with Crippen LogP contribution in [-0.4, -0.2) is 45.4 Å². The molecule has 2 heterocycles. The maximum atomic E-state index is 14.8. The molecule has 1 unspecified atom stereocenters. The molecular weight excluding hydrogens is 531 g/mol. The van der Waals surface area contributed by atoms with Gasteiger partial charge in [0.1, 0.15) is 22.5 Å². The van der Waals surface area contributed by atoms with Gasteiger partial charge in [0.05, 0.1) is 10.8 Å². The quantitative estimate of drug-likeness (QED) is 0.277. The number of rotatable bonds is 8. The maximum Gasteiger partial charge on any atom is 0.235 e. The highest BCUT2D eigenvalue weighted by atomic mass is 32.2. The van der Waals surface area contributed by atoms with E-state index in [9.17, 15) is 21.8 Å². The fraction of sp³-hybridized carbons (Fsp3) is 0.231. The lowest BCUT2D eigenvalue weighted by atomic mass is 10.00. The number of aromatic nitrogens is 2. The van der Waals surface area contributed by atoms with Gasteiger partial charge in [0.25, 0.3) is 0 Å². The topological polar surface area (TPSA) is 153 Å². The summed E-state index contributed by atoms with van der Waals surface area (Å²) in [5.41, 5.74) is 2.74. The third kappa shape index (κ3) is 5.62. The summed E-state index contributed by atoms with van der Waals surface area (Å²) in [7, 11) is -4.86. The SMILES string of the molecule is CS(=O)Nc1cccc(-c2cnc3[nH]cc(C(=O)c4cc(NS(=O)(=O)C5CCCC5)ccc4F)c3c2)c1.O. The van der Waals surface area contributed by atoms with Crippen LogP contribution in [0, 0.1) is 5.82 Å². The van der Waals surface area contributed by atoms with Crippen molar-refractivity contribution in [1.82, 2.24) is 9.97 Å². The summed E-state index contributed by atoms with van der Waals surface area (Å²) in [5, 5.41) is 0.0112. The van der Waals surface area contributed by atoms with Gasteiger partial charge in [-0.25, -0.2) is 22.0 Å². The van der Waals surface area contributed by atoms with Gasteiger partial charge in [0, 0.05) is 46.5 Å². The van der Waals surface area contributed by atoms with Crippen LogP contribution in [0.25, 0.3) is 22.2 Å². The maximum absolute atomic E-state index is 14.8. The number of ketones is 1. The molecule has 4 aromatic rings. The van der Waals surface area contributed by atoms with Crippen molar-refractivity contribution >= 4 is 49.2 Å². The fourth-order valence-corrected chi connectivity index (χ4v) is 6.67. The van der Waals surface area contributed by atoms with Crippen LogP contribution in [0.15, 0.2) is 60.9 Å². The third-order valence-electron chi connectivity index (χ3n) is 6.45. The van der Waals surface area contributed by atoms with Crippen LogP contribution in [0.1, 0.15) is 41.6 Å². The first kappa shape index (κ1) is 27.4. The van der Waals surface area contributed by atoms with Crippen molar-refractivity contribution in [2.75, 3.05) is 15.7 Å². The van der Waals surface area contributed by atoms with E-state index < -0.39 is 37.9 Å². The van der Waals surface area contributed by atoms with Gasteiger partial charge in [-0.1, -0.05) is 25.0 Å². The molecule has 0 saturated heterocycles. The summed E-state index contributed by atoms with van der Waals surface area (Å²) < 4.78 is 57.1. The van der Waals surface area contributed by atoms with Crippen LogP contribution in [0.2, 0.25) is 0 Å². The van der Waals surface area contributed by atoms with Gasteiger partial charge in [0.2, 0.25) is 10.0 Å². The summed E-state index contributed by atoms with van der Waals surface area (Å²) in [6, 6.07) is 12.7. The number of aromatic amines is 1. The van der Waals surface area contributed by atoms with Crippen molar-refractivity contribution in [1.29, 1.82) is 0 Å². The second kappa shape index (κ2) is 11.0. The summed E-state index contributed by atoms with van der Waals surface area (Å²) in [4.78, 5) is 20.8. The minimum Gasteiger partial charge on any atom is -0.412 e. The normalized spacial score (nSPS) is 14.7. The van der Waals surface area contributed by atoms with E-state index in [2.05, 4.69) is 19.4 Å². The predicted octanol–water partition coefficient (Wildman–Crippen LogP) is 4.17. The number of H-pyrrole nitrogens is 1. The van der Waals surface area contributed by atoms with E-state index in [1.165, 1.54) is 24.6 Å². The molecule has 0 amide bonds. The van der Waals surface area contributed by atoms with Crippen molar-refractivity contribution in [3.8, 4) is 11.1 Å². The third-order valence-corrected chi connectivity index (χ3v) is 8.84. The summed E-state index contributed by atoms with van der Waals surface area (Å²) in [5.74, 6) is -1.35. The highest BCUT2D eigenvalue weighted by Gasteiger charge is 2.29. The Kier molecular flexibility index (Phi) is 7.95. The van der Waals surface area contributed by atoms with Gasteiger partial charge in [-0.15, -0.1) is 0 Å². The van der Waals surface area contributed by atoms with Gasteiger partial charge < -0.3 is 15.2 Å². The number of carbonyl (C=O) groups is 1. The minimum atomic E-state index is -3.63. The first-order valence-corrected chi connectivity index (χ1v) is 14.9. The Balaban J connectivity index is 0.00000336. The number of nitrogens with zero attached hydrogens (tertiary/aromatic N) is 1. The molecule has 0 spiro atoms. The van der Waals surface area contributed by atoms with Crippen LogP contribution >= 0.6 is 0 Å². The molecule has 2 aromatic carbocycles. The molecule has 38 heavy (non-hydrogen) atoms.